The summed E-state index contributed by atoms with van der Waals surface area (Å²) in [4.78, 5) is 4.53. The Labute approximate surface area is 96.1 Å². The number of nitrogens with zero attached hydrogens (tertiary/aromatic N) is 1. The van der Waals surface area contributed by atoms with E-state index in [1.54, 1.807) is 11.3 Å². The van der Waals surface area contributed by atoms with Crippen molar-refractivity contribution in [3.8, 4) is 0 Å². The highest BCUT2D eigenvalue weighted by Gasteiger charge is 2.21. The molecule has 1 heterocycles. The van der Waals surface area contributed by atoms with Crippen molar-refractivity contribution in [2.75, 3.05) is 7.05 Å². The first kappa shape index (κ1) is 11.1. The molecule has 3 heteroatoms. The van der Waals surface area contributed by atoms with Crippen molar-refractivity contribution in [2.24, 2.45) is 5.92 Å². The lowest BCUT2D eigenvalue weighted by Gasteiger charge is -2.29. The van der Waals surface area contributed by atoms with Gasteiger partial charge in [0.2, 0.25) is 0 Å². The number of aryl methyl sites for hydroxylation is 1. The summed E-state index contributed by atoms with van der Waals surface area (Å²) in [5.41, 5.74) is 1.16. The minimum atomic E-state index is 0.626. The number of hydrogen-bond acceptors (Lipinski definition) is 3. The topological polar surface area (TPSA) is 24.9 Å². The average molecular weight is 224 g/mol. The zero-order valence-electron chi connectivity index (χ0n) is 9.62. The van der Waals surface area contributed by atoms with Crippen LogP contribution in [0.3, 0.4) is 0 Å². The highest BCUT2D eigenvalue weighted by atomic mass is 32.1. The maximum atomic E-state index is 4.53. The van der Waals surface area contributed by atoms with E-state index in [9.17, 15) is 0 Å². The molecule has 0 aliphatic heterocycles. The van der Waals surface area contributed by atoms with Gasteiger partial charge in [-0.25, -0.2) is 4.98 Å². The zero-order chi connectivity index (χ0) is 10.7. The number of aromatic nitrogens is 1. The van der Waals surface area contributed by atoms with E-state index in [2.05, 4.69) is 29.7 Å². The fourth-order valence-corrected chi connectivity index (χ4v) is 2.99. The summed E-state index contributed by atoms with van der Waals surface area (Å²) >= 11 is 1.79. The third-order valence-corrected chi connectivity index (χ3v) is 4.33. The van der Waals surface area contributed by atoms with Crippen LogP contribution in [0.2, 0.25) is 0 Å². The van der Waals surface area contributed by atoms with Crippen LogP contribution in [0.15, 0.2) is 5.38 Å². The molecule has 0 amide bonds. The molecule has 1 saturated carbocycles. The number of nitrogens with one attached hydrogen (secondary N) is 1. The van der Waals surface area contributed by atoms with E-state index >= 15 is 0 Å². The first-order valence-electron chi connectivity index (χ1n) is 5.86. The lowest BCUT2D eigenvalue weighted by atomic mass is 9.80. The summed E-state index contributed by atoms with van der Waals surface area (Å²) in [6.45, 7) is 2.07. The zero-order valence-corrected chi connectivity index (χ0v) is 10.4. The van der Waals surface area contributed by atoms with Crippen LogP contribution >= 0.6 is 11.3 Å². The Bertz CT molecular complexity index is 304. The molecule has 0 saturated heterocycles. The second-order valence-corrected chi connectivity index (χ2v) is 5.55. The second kappa shape index (κ2) is 5.08. The molecule has 1 N–H and O–H groups in total. The monoisotopic (exact) mass is 224 g/mol. The van der Waals surface area contributed by atoms with Gasteiger partial charge in [-0.3, -0.25) is 0 Å². The van der Waals surface area contributed by atoms with Crippen molar-refractivity contribution in [3.05, 3.63) is 16.1 Å². The molecule has 0 bridgehead atoms. The third kappa shape index (κ3) is 3.02. The number of likely N-dealkylation sites (N-methyl/N-ethyl adjacent to an activating group) is 1. The van der Waals surface area contributed by atoms with Gasteiger partial charge in [0.1, 0.15) is 0 Å². The summed E-state index contributed by atoms with van der Waals surface area (Å²) < 4.78 is 0. The largest absolute Gasteiger partial charge is 0.317 e. The molecule has 1 atom stereocenters. The smallest absolute Gasteiger partial charge is 0.0943 e. The van der Waals surface area contributed by atoms with E-state index in [-0.39, 0.29) is 0 Å². The van der Waals surface area contributed by atoms with E-state index in [1.807, 2.05) is 0 Å². The normalized spacial score (nSPS) is 18.8. The number of rotatable bonds is 5. The van der Waals surface area contributed by atoms with Crippen molar-refractivity contribution in [1.82, 2.24) is 10.3 Å². The maximum absolute atomic E-state index is 4.53. The van der Waals surface area contributed by atoms with E-state index in [1.165, 1.54) is 30.7 Å². The van der Waals surface area contributed by atoms with Gasteiger partial charge in [0.05, 0.1) is 5.01 Å². The Morgan fingerprint density at radius 2 is 2.40 bits per heavy atom. The standard InChI is InChI=1S/C12H20N2S/c1-9-8-15-12(14-9)7-11(13-2)6-10-4-3-5-10/h8,10-11,13H,3-7H2,1-2H3. The molecule has 84 valence electrons. The number of thiazole rings is 1. The summed E-state index contributed by atoms with van der Waals surface area (Å²) in [5.74, 6) is 0.975. The van der Waals surface area contributed by atoms with Gasteiger partial charge in [-0.1, -0.05) is 19.3 Å². The van der Waals surface area contributed by atoms with Gasteiger partial charge in [0.25, 0.3) is 0 Å². The first-order valence-corrected chi connectivity index (χ1v) is 6.74. The van der Waals surface area contributed by atoms with Gasteiger partial charge in [0, 0.05) is 23.5 Å². The molecule has 1 aromatic rings. The van der Waals surface area contributed by atoms with Crippen LogP contribution in [0.1, 0.15) is 36.4 Å². The van der Waals surface area contributed by atoms with Gasteiger partial charge in [-0.15, -0.1) is 11.3 Å². The molecule has 0 aromatic carbocycles. The van der Waals surface area contributed by atoms with Gasteiger partial charge in [-0.05, 0) is 26.3 Å². The molecule has 2 nitrogen and oxygen atoms in total. The van der Waals surface area contributed by atoms with Gasteiger partial charge in [-0.2, -0.15) is 0 Å². The Kier molecular flexibility index (Phi) is 3.76. The highest BCUT2D eigenvalue weighted by Crippen LogP contribution is 2.31. The van der Waals surface area contributed by atoms with E-state index in [4.69, 9.17) is 0 Å². The Hall–Kier alpha value is -0.410. The second-order valence-electron chi connectivity index (χ2n) is 4.60. The third-order valence-electron chi connectivity index (χ3n) is 3.34. The molecule has 1 aliphatic rings. The van der Waals surface area contributed by atoms with Crippen molar-refractivity contribution < 1.29 is 0 Å². The molecular weight excluding hydrogens is 204 g/mol. The summed E-state index contributed by atoms with van der Waals surface area (Å²) in [5, 5.41) is 6.85. The van der Waals surface area contributed by atoms with Gasteiger partial charge >= 0.3 is 0 Å². The minimum Gasteiger partial charge on any atom is -0.317 e. The van der Waals surface area contributed by atoms with Crippen LogP contribution in [-0.4, -0.2) is 18.1 Å². The van der Waals surface area contributed by atoms with Crippen molar-refractivity contribution in [1.29, 1.82) is 0 Å². The van der Waals surface area contributed by atoms with Crippen LogP contribution in [0.4, 0.5) is 0 Å². The lowest BCUT2D eigenvalue weighted by Crippen LogP contribution is -2.31. The number of hydrogen-bond donors (Lipinski definition) is 1. The fraction of sp³-hybridized carbons (Fsp3) is 0.750. The predicted octanol–water partition coefficient (Wildman–Crippen LogP) is 2.77. The van der Waals surface area contributed by atoms with Crippen LogP contribution in [0.25, 0.3) is 0 Å². The quantitative estimate of drug-likeness (QED) is 0.832. The average Bonchev–Trinajstić information content (AvgIpc) is 2.55. The highest BCUT2D eigenvalue weighted by molar-refractivity contribution is 7.09. The molecular formula is C12H20N2S. The van der Waals surface area contributed by atoms with Crippen LogP contribution in [0.5, 0.6) is 0 Å². The lowest BCUT2D eigenvalue weighted by molar-refractivity contribution is 0.263. The molecule has 1 aliphatic carbocycles. The van der Waals surface area contributed by atoms with E-state index < -0.39 is 0 Å². The fourth-order valence-electron chi connectivity index (χ4n) is 2.14. The molecule has 2 rings (SSSR count). The predicted molar refractivity (Wildman–Crippen MR) is 65.4 cm³/mol. The Morgan fingerprint density at radius 1 is 1.60 bits per heavy atom. The van der Waals surface area contributed by atoms with Gasteiger partial charge in [0.15, 0.2) is 0 Å². The first-order chi connectivity index (χ1) is 7.28. The van der Waals surface area contributed by atoms with Crippen LogP contribution in [-0.2, 0) is 6.42 Å². The van der Waals surface area contributed by atoms with Crippen molar-refractivity contribution >= 4 is 11.3 Å². The summed E-state index contributed by atoms with van der Waals surface area (Å²) in [6, 6.07) is 0.626. The van der Waals surface area contributed by atoms with Crippen LogP contribution in [0, 0.1) is 12.8 Å². The maximum Gasteiger partial charge on any atom is 0.0943 e. The molecule has 15 heavy (non-hydrogen) atoms. The van der Waals surface area contributed by atoms with E-state index in [0.717, 1.165) is 18.0 Å². The summed E-state index contributed by atoms with van der Waals surface area (Å²) in [6.07, 6.45) is 6.75. The Balaban J connectivity index is 1.84. The van der Waals surface area contributed by atoms with Crippen molar-refractivity contribution in [3.63, 3.8) is 0 Å². The minimum absolute atomic E-state index is 0.626. The molecule has 1 unspecified atom stereocenters. The SMILES string of the molecule is CNC(Cc1nc(C)cs1)CC1CCC1. The summed E-state index contributed by atoms with van der Waals surface area (Å²) in [7, 11) is 2.07. The molecule has 0 spiro atoms. The van der Waals surface area contributed by atoms with Crippen LogP contribution < -0.4 is 5.32 Å². The Morgan fingerprint density at radius 3 is 2.87 bits per heavy atom. The van der Waals surface area contributed by atoms with Gasteiger partial charge < -0.3 is 5.32 Å². The molecule has 0 radical (unpaired) electrons. The molecule has 1 fully saturated rings. The van der Waals surface area contributed by atoms with E-state index in [0.29, 0.717) is 6.04 Å². The van der Waals surface area contributed by atoms with Crippen molar-refractivity contribution in [2.45, 2.75) is 45.1 Å². The molecule has 1 aromatic heterocycles.